The van der Waals surface area contributed by atoms with Crippen LogP contribution in [-0.2, 0) is 11.8 Å². The molecule has 3 heteroatoms. The molecule has 2 aromatic carbocycles. The molecule has 21 heavy (non-hydrogen) atoms. The molecule has 1 atom stereocenters. The van der Waals surface area contributed by atoms with E-state index < -0.39 is 0 Å². The van der Waals surface area contributed by atoms with Gasteiger partial charge >= 0.3 is 0 Å². The molecule has 0 fully saturated rings. The Hall–Kier alpha value is -1.61. The van der Waals surface area contributed by atoms with Crippen LogP contribution in [0.1, 0.15) is 46.9 Å². The molecule has 1 N–H and O–H groups in total. The standard InChI is InChI=1S/C18H20BrNO/c1-3-14-4-8-16(9-5-14)13(2)20-18(21)17-10-6-15(12-19)7-11-17/h4-11,13H,3,12H2,1-2H3,(H,20,21). The highest BCUT2D eigenvalue weighted by molar-refractivity contribution is 9.08. The van der Waals surface area contributed by atoms with E-state index in [0.29, 0.717) is 5.56 Å². The summed E-state index contributed by atoms with van der Waals surface area (Å²) in [5.74, 6) is -0.0387. The lowest BCUT2D eigenvalue weighted by Crippen LogP contribution is -2.26. The van der Waals surface area contributed by atoms with Gasteiger partial charge in [0.2, 0.25) is 0 Å². The van der Waals surface area contributed by atoms with Gasteiger partial charge in [0.25, 0.3) is 5.91 Å². The van der Waals surface area contributed by atoms with Crippen LogP contribution in [0.5, 0.6) is 0 Å². The zero-order valence-electron chi connectivity index (χ0n) is 12.4. The lowest BCUT2D eigenvalue weighted by Gasteiger charge is -2.15. The van der Waals surface area contributed by atoms with Crippen molar-refractivity contribution < 1.29 is 4.79 Å². The van der Waals surface area contributed by atoms with Crippen molar-refractivity contribution in [2.45, 2.75) is 31.6 Å². The van der Waals surface area contributed by atoms with Crippen LogP contribution in [0.4, 0.5) is 0 Å². The van der Waals surface area contributed by atoms with Crippen molar-refractivity contribution in [3.8, 4) is 0 Å². The molecule has 0 saturated carbocycles. The third-order valence-electron chi connectivity index (χ3n) is 3.61. The van der Waals surface area contributed by atoms with Gasteiger partial charge in [0.05, 0.1) is 6.04 Å². The maximum atomic E-state index is 12.2. The van der Waals surface area contributed by atoms with Gasteiger partial charge in [-0.15, -0.1) is 0 Å². The van der Waals surface area contributed by atoms with E-state index in [1.807, 2.05) is 31.2 Å². The fourth-order valence-electron chi connectivity index (χ4n) is 2.15. The van der Waals surface area contributed by atoms with Gasteiger partial charge in [0.1, 0.15) is 0 Å². The lowest BCUT2D eigenvalue weighted by molar-refractivity contribution is 0.0940. The number of hydrogen-bond donors (Lipinski definition) is 1. The summed E-state index contributed by atoms with van der Waals surface area (Å²) < 4.78 is 0. The van der Waals surface area contributed by atoms with Gasteiger partial charge in [-0.2, -0.15) is 0 Å². The topological polar surface area (TPSA) is 29.1 Å². The minimum atomic E-state index is -0.0387. The van der Waals surface area contributed by atoms with Crippen LogP contribution in [0, 0.1) is 0 Å². The average molecular weight is 346 g/mol. The van der Waals surface area contributed by atoms with E-state index in [4.69, 9.17) is 0 Å². The van der Waals surface area contributed by atoms with Gasteiger partial charge in [-0.1, -0.05) is 59.3 Å². The second-order valence-electron chi connectivity index (χ2n) is 5.12. The second-order valence-corrected chi connectivity index (χ2v) is 5.68. The lowest BCUT2D eigenvalue weighted by atomic mass is 10.0. The number of aryl methyl sites for hydroxylation is 1. The van der Waals surface area contributed by atoms with Crippen molar-refractivity contribution in [3.63, 3.8) is 0 Å². The Labute approximate surface area is 134 Å². The monoisotopic (exact) mass is 345 g/mol. The summed E-state index contributed by atoms with van der Waals surface area (Å²) in [5.41, 5.74) is 4.28. The molecule has 0 saturated heterocycles. The molecule has 0 aliphatic carbocycles. The molecule has 1 amide bonds. The zero-order chi connectivity index (χ0) is 15.2. The van der Waals surface area contributed by atoms with E-state index in [1.54, 1.807) is 0 Å². The molecule has 0 radical (unpaired) electrons. The summed E-state index contributed by atoms with van der Waals surface area (Å²) in [5, 5.41) is 3.84. The molecule has 0 bridgehead atoms. The molecule has 1 unspecified atom stereocenters. The smallest absolute Gasteiger partial charge is 0.251 e. The number of benzene rings is 2. The first-order valence-electron chi connectivity index (χ1n) is 7.18. The largest absolute Gasteiger partial charge is 0.346 e. The molecule has 0 aliphatic rings. The first-order valence-corrected chi connectivity index (χ1v) is 8.30. The summed E-state index contributed by atoms with van der Waals surface area (Å²) in [6, 6.07) is 16.0. The molecule has 2 aromatic rings. The Balaban J connectivity index is 2.03. The van der Waals surface area contributed by atoms with Crippen molar-refractivity contribution in [1.29, 1.82) is 0 Å². The first-order chi connectivity index (χ1) is 10.1. The molecule has 0 aliphatic heterocycles. The molecule has 0 spiro atoms. The number of rotatable bonds is 5. The van der Waals surface area contributed by atoms with Gasteiger partial charge in [-0.25, -0.2) is 0 Å². The van der Waals surface area contributed by atoms with Crippen LogP contribution in [0.3, 0.4) is 0 Å². The Morgan fingerprint density at radius 3 is 2.14 bits per heavy atom. The number of alkyl halides is 1. The fourth-order valence-corrected chi connectivity index (χ4v) is 2.52. The van der Waals surface area contributed by atoms with Gasteiger partial charge in [0.15, 0.2) is 0 Å². The van der Waals surface area contributed by atoms with Crippen molar-refractivity contribution in [2.75, 3.05) is 0 Å². The SMILES string of the molecule is CCc1ccc(C(C)NC(=O)c2ccc(CBr)cc2)cc1. The summed E-state index contributed by atoms with van der Waals surface area (Å²) in [6.07, 6.45) is 1.03. The highest BCUT2D eigenvalue weighted by Crippen LogP contribution is 2.15. The molecule has 2 nitrogen and oxygen atoms in total. The number of amides is 1. The highest BCUT2D eigenvalue weighted by Gasteiger charge is 2.11. The van der Waals surface area contributed by atoms with E-state index in [1.165, 1.54) is 5.56 Å². The fraction of sp³-hybridized carbons (Fsp3) is 0.278. The molecular formula is C18H20BrNO. The van der Waals surface area contributed by atoms with Crippen LogP contribution in [0.2, 0.25) is 0 Å². The van der Waals surface area contributed by atoms with E-state index in [2.05, 4.69) is 52.4 Å². The number of nitrogens with one attached hydrogen (secondary N) is 1. The molecule has 110 valence electrons. The van der Waals surface area contributed by atoms with Crippen molar-refractivity contribution in [3.05, 3.63) is 70.8 Å². The van der Waals surface area contributed by atoms with E-state index >= 15 is 0 Å². The molecule has 0 aromatic heterocycles. The second kappa shape index (κ2) is 7.41. The Morgan fingerprint density at radius 1 is 1.05 bits per heavy atom. The summed E-state index contributed by atoms with van der Waals surface area (Å²) >= 11 is 3.40. The van der Waals surface area contributed by atoms with Crippen molar-refractivity contribution in [1.82, 2.24) is 5.32 Å². The van der Waals surface area contributed by atoms with Gasteiger partial charge < -0.3 is 5.32 Å². The van der Waals surface area contributed by atoms with E-state index in [0.717, 1.165) is 22.9 Å². The van der Waals surface area contributed by atoms with E-state index in [-0.39, 0.29) is 11.9 Å². The quantitative estimate of drug-likeness (QED) is 0.786. The molecule has 0 heterocycles. The highest BCUT2D eigenvalue weighted by atomic mass is 79.9. The number of carbonyl (C=O) groups excluding carboxylic acids is 1. The average Bonchev–Trinajstić information content (AvgIpc) is 2.55. The van der Waals surface area contributed by atoms with Gasteiger partial charge in [-0.3, -0.25) is 4.79 Å². The Bertz CT molecular complexity index is 590. The first kappa shape index (κ1) is 15.8. The number of hydrogen-bond acceptors (Lipinski definition) is 1. The van der Waals surface area contributed by atoms with Gasteiger partial charge in [0, 0.05) is 10.9 Å². The molecule has 2 rings (SSSR count). The normalized spacial score (nSPS) is 12.0. The minimum Gasteiger partial charge on any atom is -0.346 e. The predicted octanol–water partition coefficient (Wildman–Crippen LogP) is 4.63. The zero-order valence-corrected chi connectivity index (χ0v) is 14.0. The van der Waals surface area contributed by atoms with Crippen LogP contribution in [0.25, 0.3) is 0 Å². The maximum Gasteiger partial charge on any atom is 0.251 e. The van der Waals surface area contributed by atoms with Crippen LogP contribution >= 0.6 is 15.9 Å². The van der Waals surface area contributed by atoms with Crippen LogP contribution < -0.4 is 5.32 Å². The van der Waals surface area contributed by atoms with Crippen molar-refractivity contribution in [2.24, 2.45) is 0 Å². The number of carbonyl (C=O) groups is 1. The van der Waals surface area contributed by atoms with Crippen LogP contribution in [-0.4, -0.2) is 5.91 Å². The minimum absolute atomic E-state index is 0.000687. The summed E-state index contributed by atoms with van der Waals surface area (Å²) in [7, 11) is 0. The number of halogens is 1. The Kier molecular flexibility index (Phi) is 5.57. The predicted molar refractivity (Wildman–Crippen MR) is 90.8 cm³/mol. The maximum absolute atomic E-state index is 12.2. The Morgan fingerprint density at radius 2 is 1.62 bits per heavy atom. The van der Waals surface area contributed by atoms with Gasteiger partial charge in [-0.05, 0) is 42.2 Å². The third kappa shape index (κ3) is 4.18. The van der Waals surface area contributed by atoms with Crippen LogP contribution in [0.15, 0.2) is 48.5 Å². The van der Waals surface area contributed by atoms with Crippen molar-refractivity contribution >= 4 is 21.8 Å². The third-order valence-corrected chi connectivity index (χ3v) is 4.25. The molecular weight excluding hydrogens is 326 g/mol. The summed E-state index contributed by atoms with van der Waals surface area (Å²) in [6.45, 7) is 4.14. The van der Waals surface area contributed by atoms with E-state index in [9.17, 15) is 4.79 Å². The summed E-state index contributed by atoms with van der Waals surface area (Å²) in [4.78, 5) is 12.2.